The van der Waals surface area contributed by atoms with Gasteiger partial charge in [0.05, 0.1) is 17.7 Å². The molecule has 0 fully saturated rings. The average Bonchev–Trinajstić information content (AvgIpc) is 2.98. The lowest BCUT2D eigenvalue weighted by atomic mass is 10.5. The number of thiazole rings is 1. The van der Waals surface area contributed by atoms with Gasteiger partial charge in [-0.3, -0.25) is 0 Å². The van der Waals surface area contributed by atoms with Crippen LogP contribution in [0.15, 0.2) is 27.2 Å². The Bertz CT molecular complexity index is 675. The van der Waals surface area contributed by atoms with Crippen molar-refractivity contribution < 1.29 is 18.3 Å². The van der Waals surface area contributed by atoms with Crippen molar-refractivity contribution in [3.63, 3.8) is 0 Å². The zero-order valence-electron chi connectivity index (χ0n) is 9.81. The van der Waals surface area contributed by atoms with Gasteiger partial charge in [-0.05, 0) is 11.4 Å². The van der Waals surface area contributed by atoms with Crippen molar-refractivity contribution in [2.75, 3.05) is 7.05 Å². The number of carboxylic acid groups (broad SMARTS) is 1. The van der Waals surface area contributed by atoms with Gasteiger partial charge in [0, 0.05) is 12.4 Å². The summed E-state index contributed by atoms with van der Waals surface area (Å²) >= 11 is 2.26. The molecule has 0 bridgehead atoms. The van der Waals surface area contributed by atoms with Gasteiger partial charge in [-0.15, -0.1) is 22.7 Å². The number of rotatable bonds is 5. The Morgan fingerprint density at radius 1 is 1.53 bits per heavy atom. The normalized spacial score (nSPS) is 11.9. The standard InChI is InChI=1S/C10H10N2O4S3/c1-12(4-7-5-17-6-11-7)19(15,16)8-2-3-18-9(8)10(13)14/h2-3,5-6H,4H2,1H3,(H,13,14). The van der Waals surface area contributed by atoms with E-state index in [-0.39, 0.29) is 16.3 Å². The highest BCUT2D eigenvalue weighted by molar-refractivity contribution is 7.89. The van der Waals surface area contributed by atoms with Crippen molar-refractivity contribution in [2.24, 2.45) is 0 Å². The summed E-state index contributed by atoms with van der Waals surface area (Å²) < 4.78 is 25.7. The van der Waals surface area contributed by atoms with E-state index < -0.39 is 16.0 Å². The molecule has 0 saturated heterocycles. The second-order valence-corrected chi connectivity index (χ2v) is 7.31. The van der Waals surface area contributed by atoms with Crippen LogP contribution in [0, 0.1) is 0 Å². The molecule has 19 heavy (non-hydrogen) atoms. The maximum atomic E-state index is 12.3. The molecule has 102 valence electrons. The third kappa shape index (κ3) is 2.84. The van der Waals surface area contributed by atoms with Crippen LogP contribution in [-0.4, -0.2) is 35.8 Å². The SMILES string of the molecule is CN(Cc1cscn1)S(=O)(=O)c1ccsc1C(=O)O. The van der Waals surface area contributed by atoms with Gasteiger partial charge in [-0.2, -0.15) is 4.31 Å². The molecule has 2 aromatic heterocycles. The number of aromatic carboxylic acids is 1. The molecular weight excluding hydrogens is 308 g/mol. The van der Waals surface area contributed by atoms with E-state index in [1.54, 1.807) is 10.9 Å². The first-order valence-electron chi connectivity index (χ1n) is 5.07. The Hall–Kier alpha value is -1.29. The average molecular weight is 318 g/mol. The van der Waals surface area contributed by atoms with E-state index in [9.17, 15) is 13.2 Å². The molecule has 2 heterocycles. The van der Waals surface area contributed by atoms with Crippen LogP contribution in [0.1, 0.15) is 15.4 Å². The molecule has 6 nitrogen and oxygen atoms in total. The molecule has 0 aliphatic rings. The highest BCUT2D eigenvalue weighted by Gasteiger charge is 2.28. The Morgan fingerprint density at radius 2 is 2.26 bits per heavy atom. The van der Waals surface area contributed by atoms with E-state index in [2.05, 4.69) is 4.98 Å². The number of sulfonamides is 1. The monoisotopic (exact) mass is 318 g/mol. The van der Waals surface area contributed by atoms with E-state index in [0.29, 0.717) is 5.69 Å². The minimum absolute atomic E-state index is 0.112. The number of carboxylic acids is 1. The number of hydrogen-bond acceptors (Lipinski definition) is 6. The molecule has 0 amide bonds. The number of aromatic nitrogens is 1. The second-order valence-electron chi connectivity index (χ2n) is 3.66. The maximum Gasteiger partial charge on any atom is 0.347 e. The molecule has 1 N–H and O–H groups in total. The van der Waals surface area contributed by atoms with Crippen molar-refractivity contribution in [2.45, 2.75) is 11.4 Å². The van der Waals surface area contributed by atoms with E-state index >= 15 is 0 Å². The first kappa shape index (κ1) is 14.1. The van der Waals surface area contributed by atoms with Crippen LogP contribution in [0.3, 0.4) is 0 Å². The molecule has 0 aliphatic carbocycles. The van der Waals surface area contributed by atoms with E-state index in [4.69, 9.17) is 5.11 Å². The molecule has 0 unspecified atom stereocenters. The van der Waals surface area contributed by atoms with Gasteiger partial charge in [0.15, 0.2) is 0 Å². The Balaban J connectivity index is 2.31. The molecule has 0 radical (unpaired) electrons. The van der Waals surface area contributed by atoms with Gasteiger partial charge in [0.25, 0.3) is 0 Å². The van der Waals surface area contributed by atoms with Gasteiger partial charge in [-0.25, -0.2) is 18.2 Å². The summed E-state index contributed by atoms with van der Waals surface area (Å²) in [6.07, 6.45) is 0. The van der Waals surface area contributed by atoms with Crippen LogP contribution in [0.4, 0.5) is 0 Å². The molecule has 0 aliphatic heterocycles. The lowest BCUT2D eigenvalue weighted by Gasteiger charge is -2.15. The van der Waals surface area contributed by atoms with E-state index in [1.807, 2.05) is 0 Å². The zero-order valence-corrected chi connectivity index (χ0v) is 12.3. The van der Waals surface area contributed by atoms with Gasteiger partial charge < -0.3 is 5.11 Å². The molecule has 9 heteroatoms. The zero-order chi connectivity index (χ0) is 14.0. The van der Waals surface area contributed by atoms with Crippen LogP contribution in [0.2, 0.25) is 0 Å². The van der Waals surface area contributed by atoms with E-state index in [1.165, 1.54) is 29.8 Å². The van der Waals surface area contributed by atoms with Gasteiger partial charge >= 0.3 is 5.97 Å². The Morgan fingerprint density at radius 3 is 2.84 bits per heavy atom. The first-order chi connectivity index (χ1) is 8.93. The quantitative estimate of drug-likeness (QED) is 0.907. The topological polar surface area (TPSA) is 87.6 Å². The summed E-state index contributed by atoms with van der Waals surface area (Å²) in [7, 11) is -2.42. The Kier molecular flexibility index (Phi) is 3.99. The third-order valence-electron chi connectivity index (χ3n) is 2.38. The Labute approximate surface area is 118 Å². The van der Waals surface area contributed by atoms with Crippen LogP contribution in [-0.2, 0) is 16.6 Å². The van der Waals surface area contributed by atoms with Crippen molar-refractivity contribution >= 4 is 38.7 Å². The molecule has 0 aromatic carbocycles. The number of carbonyl (C=O) groups is 1. The highest BCUT2D eigenvalue weighted by Crippen LogP contribution is 2.25. The van der Waals surface area contributed by atoms with Crippen molar-refractivity contribution in [1.29, 1.82) is 0 Å². The molecule has 0 atom stereocenters. The number of nitrogens with zero attached hydrogens (tertiary/aromatic N) is 2. The number of thiophene rings is 1. The fraction of sp³-hybridized carbons (Fsp3) is 0.200. The van der Waals surface area contributed by atoms with Gasteiger partial charge in [0.2, 0.25) is 10.0 Å². The second kappa shape index (κ2) is 5.37. The first-order valence-corrected chi connectivity index (χ1v) is 8.33. The van der Waals surface area contributed by atoms with Gasteiger partial charge in [0.1, 0.15) is 9.77 Å². The summed E-state index contributed by atoms with van der Waals surface area (Å²) in [4.78, 5) is 14.6. The lowest BCUT2D eigenvalue weighted by Crippen LogP contribution is -2.27. The van der Waals surface area contributed by atoms with Crippen LogP contribution in [0.25, 0.3) is 0 Å². The molecule has 0 spiro atoms. The summed E-state index contributed by atoms with van der Waals surface area (Å²) in [5.74, 6) is -1.24. The van der Waals surface area contributed by atoms with Crippen LogP contribution < -0.4 is 0 Å². The van der Waals surface area contributed by atoms with Crippen molar-refractivity contribution in [1.82, 2.24) is 9.29 Å². The predicted octanol–water partition coefficient (Wildman–Crippen LogP) is 1.72. The minimum Gasteiger partial charge on any atom is -0.477 e. The van der Waals surface area contributed by atoms with Crippen LogP contribution >= 0.6 is 22.7 Å². The smallest absolute Gasteiger partial charge is 0.347 e. The van der Waals surface area contributed by atoms with E-state index in [0.717, 1.165) is 15.6 Å². The van der Waals surface area contributed by atoms with Crippen LogP contribution in [0.5, 0.6) is 0 Å². The highest BCUT2D eigenvalue weighted by atomic mass is 32.2. The fourth-order valence-electron chi connectivity index (χ4n) is 1.45. The summed E-state index contributed by atoms with van der Waals surface area (Å²) in [5, 5.41) is 12.2. The predicted molar refractivity (Wildman–Crippen MR) is 72.0 cm³/mol. The molecule has 2 rings (SSSR count). The fourth-order valence-corrected chi connectivity index (χ4v) is 4.37. The summed E-state index contributed by atoms with van der Waals surface area (Å²) in [5.41, 5.74) is 2.24. The summed E-state index contributed by atoms with van der Waals surface area (Å²) in [6.45, 7) is 0.112. The molecule has 0 saturated carbocycles. The molecular formula is C10H10N2O4S3. The molecule has 2 aromatic rings. The number of hydrogen-bond donors (Lipinski definition) is 1. The van der Waals surface area contributed by atoms with Gasteiger partial charge in [-0.1, -0.05) is 0 Å². The van der Waals surface area contributed by atoms with Crippen molar-refractivity contribution in [3.8, 4) is 0 Å². The largest absolute Gasteiger partial charge is 0.477 e. The van der Waals surface area contributed by atoms with Crippen molar-refractivity contribution in [3.05, 3.63) is 32.9 Å². The summed E-state index contributed by atoms with van der Waals surface area (Å²) in [6, 6.07) is 1.31. The lowest BCUT2D eigenvalue weighted by molar-refractivity contribution is 0.0698. The maximum absolute atomic E-state index is 12.3. The third-order valence-corrected chi connectivity index (χ3v) is 5.89. The minimum atomic E-state index is -3.82.